The van der Waals surface area contributed by atoms with Crippen LogP contribution in [0.15, 0.2) is 106 Å². The summed E-state index contributed by atoms with van der Waals surface area (Å²) in [5, 5.41) is 19.5. The molecule has 0 saturated heterocycles. The Balaban J connectivity index is 0.000000109. The van der Waals surface area contributed by atoms with Gasteiger partial charge in [0.1, 0.15) is 23.8 Å². The third-order valence-electron chi connectivity index (χ3n) is 29.0. The van der Waals surface area contributed by atoms with Crippen molar-refractivity contribution >= 4 is 34.2 Å². The first-order valence-corrected chi connectivity index (χ1v) is 36.4. The van der Waals surface area contributed by atoms with E-state index in [9.17, 15) is 37.4 Å². The Morgan fingerprint density at radius 2 is 0.978 bits per heavy atom. The zero-order valence-corrected chi connectivity index (χ0v) is 56.3. The lowest BCUT2D eigenvalue weighted by Crippen LogP contribution is -2.47. The number of carbonyl (C=O) groups is 2. The van der Waals surface area contributed by atoms with Crippen molar-refractivity contribution in [2.45, 2.75) is 232 Å². The van der Waals surface area contributed by atoms with Gasteiger partial charge in [-0.1, -0.05) is 59.6 Å². The Bertz CT molecular complexity index is 3200. The maximum Gasteiger partial charge on any atom is 0.248 e. The number of rotatable bonds is 2. The van der Waals surface area contributed by atoms with E-state index >= 15 is 0 Å². The lowest BCUT2D eigenvalue weighted by molar-refractivity contribution is -0.117. The number of aromatic hydroxyl groups is 2. The quantitative estimate of drug-likeness (QED) is 0.179. The number of alkyl halides is 4. The van der Waals surface area contributed by atoms with E-state index in [4.69, 9.17) is 0 Å². The van der Waals surface area contributed by atoms with Gasteiger partial charge in [-0.05, 0) is 379 Å². The van der Waals surface area contributed by atoms with Crippen molar-refractivity contribution in [1.29, 1.82) is 0 Å². The number of halogens is 5. The van der Waals surface area contributed by atoms with Gasteiger partial charge in [0.15, 0.2) is 11.6 Å². The zero-order chi connectivity index (χ0) is 62.9. The first kappa shape index (κ1) is 63.8. The van der Waals surface area contributed by atoms with Crippen molar-refractivity contribution in [3.05, 3.63) is 128 Å². The van der Waals surface area contributed by atoms with Crippen LogP contribution >= 0.6 is 22.6 Å². The van der Waals surface area contributed by atoms with Gasteiger partial charge in [-0.25, -0.2) is 17.6 Å². The van der Waals surface area contributed by atoms with Gasteiger partial charge in [0.25, 0.3) is 0 Å². The fourth-order valence-electron chi connectivity index (χ4n) is 25.0. The van der Waals surface area contributed by atoms with Crippen molar-refractivity contribution in [3.8, 4) is 11.5 Å². The van der Waals surface area contributed by atoms with Crippen LogP contribution in [-0.4, -0.2) is 40.0 Å². The van der Waals surface area contributed by atoms with Gasteiger partial charge in [0.05, 0.1) is 0 Å². The molecule has 16 rings (SSSR count). The van der Waals surface area contributed by atoms with Crippen molar-refractivity contribution in [3.63, 3.8) is 0 Å². The highest BCUT2D eigenvalue weighted by Crippen LogP contribution is 2.69. The molecule has 2 aromatic carbocycles. The minimum Gasteiger partial charge on any atom is -0.508 e. The van der Waals surface area contributed by atoms with Gasteiger partial charge in [-0.3, -0.25) is 9.59 Å². The van der Waals surface area contributed by atoms with Crippen LogP contribution < -0.4 is 0 Å². The third-order valence-corrected chi connectivity index (χ3v) is 29.8. The highest BCUT2D eigenvalue weighted by molar-refractivity contribution is 14.1. The van der Waals surface area contributed by atoms with Crippen LogP contribution in [-0.2, 0) is 22.4 Å². The Morgan fingerprint density at radius 1 is 0.528 bits per heavy atom. The first-order chi connectivity index (χ1) is 42.4. The minimum absolute atomic E-state index is 0.130. The molecule has 12 unspecified atom stereocenters. The van der Waals surface area contributed by atoms with E-state index in [0.717, 1.165) is 106 Å². The first-order valence-electron chi connectivity index (χ1n) is 35.3. The summed E-state index contributed by atoms with van der Waals surface area (Å²) >= 11 is 2.47. The molecule has 0 heterocycles. The number of phenols is 2. The Morgan fingerprint density at radius 3 is 1.43 bits per heavy atom. The number of fused-ring (bicyclic) bond motifs is 20. The van der Waals surface area contributed by atoms with Gasteiger partial charge in [-0.2, -0.15) is 0 Å². The summed E-state index contributed by atoms with van der Waals surface area (Å²) in [6.07, 6.45) is 28.5. The number of allylic oxidation sites excluding steroid dienone is 5. The molecule has 10 saturated carbocycles. The molecular weight excluding hydrogens is 1230 g/mol. The molecule has 0 aliphatic heterocycles. The Labute approximate surface area is 543 Å². The molecule has 14 aliphatic carbocycles. The van der Waals surface area contributed by atoms with E-state index in [1.54, 1.807) is 18.2 Å². The summed E-state index contributed by atoms with van der Waals surface area (Å²) in [6.45, 7) is 22.6. The van der Waals surface area contributed by atoms with E-state index in [0.29, 0.717) is 114 Å². The summed E-state index contributed by atoms with van der Waals surface area (Å²) in [4.78, 5) is 23.4. The molecule has 0 amide bonds. The molecule has 9 heteroatoms. The largest absolute Gasteiger partial charge is 0.508 e. The molecule has 2 aromatic rings. The number of carbonyl (C=O) groups excluding carboxylic acids is 2. The highest BCUT2D eigenvalue weighted by Gasteiger charge is 2.62. The predicted octanol–water partition coefficient (Wildman–Crippen LogP) is 20.9. The summed E-state index contributed by atoms with van der Waals surface area (Å²) in [5.41, 5.74) is 17.1. The highest BCUT2D eigenvalue weighted by atomic mass is 127. The maximum absolute atomic E-state index is 14.8. The van der Waals surface area contributed by atoms with Crippen LogP contribution in [0.3, 0.4) is 0 Å². The van der Waals surface area contributed by atoms with Crippen molar-refractivity contribution < 1.29 is 37.4 Å². The van der Waals surface area contributed by atoms with Crippen LogP contribution in [0.25, 0.3) is 0 Å². The molecule has 0 radical (unpaired) electrons. The van der Waals surface area contributed by atoms with Crippen LogP contribution in [0.5, 0.6) is 11.5 Å². The summed E-state index contributed by atoms with van der Waals surface area (Å²) in [7, 11) is 0. The van der Waals surface area contributed by atoms with Gasteiger partial charge in [-0.15, -0.1) is 11.5 Å². The minimum atomic E-state index is -2.56. The van der Waals surface area contributed by atoms with Crippen LogP contribution in [0.1, 0.15) is 223 Å². The molecule has 480 valence electrons. The number of benzene rings is 2. The molecule has 14 aliphatic rings. The lowest BCUT2D eigenvalue weighted by Gasteiger charge is -2.53. The summed E-state index contributed by atoms with van der Waals surface area (Å²) < 4.78 is 59.2. The molecule has 89 heavy (non-hydrogen) atoms. The van der Waals surface area contributed by atoms with E-state index in [1.165, 1.54) is 108 Å². The fourth-order valence-corrected chi connectivity index (χ4v) is 26.0. The summed E-state index contributed by atoms with van der Waals surface area (Å²) in [5.74, 6) is 6.62. The smallest absolute Gasteiger partial charge is 0.248 e. The van der Waals surface area contributed by atoms with E-state index < -0.39 is 24.2 Å². The molecule has 10 fully saturated rings. The van der Waals surface area contributed by atoms with Crippen LogP contribution in [0.2, 0.25) is 0 Å². The topological polar surface area (TPSA) is 74.6 Å². The normalized spacial score (nSPS) is 43.3. The van der Waals surface area contributed by atoms with Gasteiger partial charge < -0.3 is 10.2 Å². The molecule has 4 nitrogen and oxygen atoms in total. The maximum atomic E-state index is 14.8. The number of hydrogen-bond acceptors (Lipinski definition) is 4. The Hall–Kier alpha value is -3.91. The fraction of sp³-hybridized carbons (Fsp3) is 0.675. The predicted molar refractivity (Wildman–Crippen MR) is 356 cm³/mol. The third kappa shape index (κ3) is 10.9. The van der Waals surface area contributed by atoms with Gasteiger partial charge in [0.2, 0.25) is 5.92 Å². The SMILES string of the molecule is C=C(I)[C@H]1CCC2C3CCc4cc(O)ccc4C3CC[C@@]21C.C=C=C1CCC2C3C[C@@H](F)C4=CC(=O)CC[C@@H]4C3CC[C@]12C.C=C=C1CCC2C3C[C@H](F)C4=CC(=O)CC[C@@H]4C3CC[C@]12C.CC(F)(F)[C@H]1CCC2C3CCc4cc(O)ccc4C3CC[C@@]21C. The van der Waals surface area contributed by atoms with Gasteiger partial charge in [0, 0.05) is 18.8 Å². The van der Waals surface area contributed by atoms with Crippen molar-refractivity contribution in [2.24, 2.45) is 105 Å². The molecule has 0 spiro atoms. The average Bonchev–Trinajstić information content (AvgIpc) is 1.74. The lowest BCUT2D eigenvalue weighted by atomic mass is 9.51. The zero-order valence-electron chi connectivity index (χ0n) is 54.1. The molecular formula is C80H101F4IO4. The monoisotopic (exact) mass is 1330 g/mol. The molecule has 0 aromatic heterocycles. The standard InChI is InChI=1S/C20H26F2O.2C20H25FO.C20H25IO/c1-19-10-9-15-14-6-4-13(23)11-12(14)3-5-16(15)17(19)7-8-18(19)20(2,21)22;2*1-3-12-4-7-18-16-11-19(21)17-10-13(22)5-6-14(17)15(16)8-9-20(12,18)2;1-12(21)18-7-8-19-17-5-3-13-11-14(22)4-6-15(13)16(17)9-10-20(18,19)2/h4,6,11,15-18,23H,3,5,7-10H2,1-2H3;2*10,14-16,18-19H,1,4-9,11H2,2H3;4,6,11,16-19,22H,1,3,5,7-10H2,2H3/t15?,16?,17?,18-,19-;14-,15?,16?,18?,19+,20-;14-,15?,16?,18?,19-,20-;16?,17?,18-,19?,20-/m0111/s1. The second-order valence-corrected chi connectivity index (χ2v) is 33.8. The van der Waals surface area contributed by atoms with Crippen LogP contribution in [0.4, 0.5) is 17.6 Å². The second-order valence-electron chi connectivity index (χ2n) is 32.4. The second kappa shape index (κ2) is 24.1. The number of aryl methyl sites for hydroxylation is 2. The summed E-state index contributed by atoms with van der Waals surface area (Å²) in [6, 6.07) is 11.9. The number of ketones is 2. The van der Waals surface area contributed by atoms with Crippen molar-refractivity contribution in [1.82, 2.24) is 0 Å². The van der Waals surface area contributed by atoms with E-state index in [2.05, 4.69) is 93.6 Å². The van der Waals surface area contributed by atoms with E-state index in [1.807, 2.05) is 18.2 Å². The number of phenolic OH excluding ortho intramolecular Hbond substituents is 2. The van der Waals surface area contributed by atoms with Crippen molar-refractivity contribution in [2.75, 3.05) is 0 Å². The van der Waals surface area contributed by atoms with E-state index in [-0.39, 0.29) is 27.8 Å². The van der Waals surface area contributed by atoms with Crippen LogP contribution in [0, 0.1) is 105 Å². The number of hydrogen-bond donors (Lipinski definition) is 2. The molecule has 22 atom stereocenters. The Kier molecular flexibility index (Phi) is 17.3. The average molecular weight is 1330 g/mol. The molecule has 2 N–H and O–H groups in total. The molecule has 0 bridgehead atoms. The van der Waals surface area contributed by atoms with Gasteiger partial charge >= 0.3 is 0 Å².